The first-order valence-corrected chi connectivity index (χ1v) is 14.8. The van der Waals surface area contributed by atoms with Crippen LogP contribution in [0, 0.1) is 5.92 Å². The first-order chi connectivity index (χ1) is 19.4. The Labute approximate surface area is 234 Å². The summed E-state index contributed by atoms with van der Waals surface area (Å²) in [5, 5.41) is 8.36. The molecule has 218 valence electrons. The maximum atomic E-state index is 14.3. The van der Waals surface area contributed by atoms with E-state index >= 15 is 0 Å². The van der Waals surface area contributed by atoms with E-state index < -0.39 is 27.6 Å². The summed E-state index contributed by atoms with van der Waals surface area (Å²) in [5.41, 5.74) is -0.582. The van der Waals surface area contributed by atoms with Crippen LogP contribution in [-0.4, -0.2) is 60.9 Å². The van der Waals surface area contributed by atoms with Gasteiger partial charge in [0.25, 0.3) is 10.2 Å². The van der Waals surface area contributed by atoms with E-state index in [-0.39, 0.29) is 30.1 Å². The van der Waals surface area contributed by atoms with Gasteiger partial charge < -0.3 is 4.57 Å². The van der Waals surface area contributed by atoms with Crippen LogP contribution in [0.4, 0.5) is 13.2 Å². The summed E-state index contributed by atoms with van der Waals surface area (Å²) in [6.45, 7) is 0.243. The van der Waals surface area contributed by atoms with Crippen molar-refractivity contribution in [2.45, 2.75) is 44.3 Å². The normalized spacial score (nSPS) is 19.4. The van der Waals surface area contributed by atoms with E-state index in [9.17, 15) is 26.4 Å². The summed E-state index contributed by atoms with van der Waals surface area (Å²) in [6.07, 6.45) is 3.08. The Morgan fingerprint density at radius 3 is 2.51 bits per heavy atom. The zero-order valence-corrected chi connectivity index (χ0v) is 23.4. The Balaban J connectivity index is 1.44. The fourth-order valence-corrected chi connectivity index (χ4v) is 7.28. The molecule has 0 bridgehead atoms. The molecule has 2 fully saturated rings. The third kappa shape index (κ3) is 4.87. The van der Waals surface area contributed by atoms with Gasteiger partial charge in [-0.05, 0) is 54.5 Å². The molecule has 3 aromatic heterocycles. The number of halogens is 3. The van der Waals surface area contributed by atoms with E-state index in [2.05, 4.69) is 10.2 Å². The summed E-state index contributed by atoms with van der Waals surface area (Å²) < 4.78 is 74.6. The standard InChI is InChI=1S/C27H30F3N7O3S/c1-33-17-31-32-25(33)24(19-6-3-7-19)20-8-4-9-21(13-20)36-16-23-22(27(28,29)30)12-18(15-37(23)26(36)38)14-35-11-5-10-34(2)41(35,39)40/h4,8-9,12-13,15-17,19,24H,3,5-7,10-11,14H2,1-2H3/t24-/m1/s1. The first-order valence-electron chi connectivity index (χ1n) is 13.4. The molecule has 0 spiro atoms. The van der Waals surface area contributed by atoms with Crippen molar-refractivity contribution in [3.63, 3.8) is 0 Å². The number of aryl methyl sites for hydroxylation is 1. The third-order valence-corrected chi connectivity index (χ3v) is 10.2. The number of aromatic nitrogens is 5. The lowest BCUT2D eigenvalue weighted by molar-refractivity contribution is -0.136. The van der Waals surface area contributed by atoms with Crippen LogP contribution in [0.15, 0.2) is 53.8 Å². The van der Waals surface area contributed by atoms with Gasteiger partial charge >= 0.3 is 11.9 Å². The number of hydrogen-bond acceptors (Lipinski definition) is 5. The highest BCUT2D eigenvalue weighted by atomic mass is 32.2. The molecule has 0 unspecified atom stereocenters. The van der Waals surface area contributed by atoms with Crippen LogP contribution >= 0.6 is 0 Å². The predicted molar refractivity (Wildman–Crippen MR) is 145 cm³/mol. The van der Waals surface area contributed by atoms with Crippen LogP contribution in [0.25, 0.3) is 11.2 Å². The van der Waals surface area contributed by atoms with Gasteiger partial charge in [0.1, 0.15) is 12.2 Å². The average Bonchev–Trinajstić information content (AvgIpc) is 3.46. The number of alkyl halides is 3. The predicted octanol–water partition coefficient (Wildman–Crippen LogP) is 3.55. The largest absolute Gasteiger partial charge is 0.418 e. The summed E-state index contributed by atoms with van der Waals surface area (Å²) in [4.78, 5) is 13.6. The zero-order chi connectivity index (χ0) is 29.1. The molecule has 10 nitrogen and oxygen atoms in total. The monoisotopic (exact) mass is 589 g/mol. The molecule has 0 N–H and O–H groups in total. The second kappa shape index (κ2) is 10.1. The van der Waals surface area contributed by atoms with Crippen molar-refractivity contribution in [2.24, 2.45) is 13.0 Å². The molecule has 1 saturated carbocycles. The second-order valence-electron chi connectivity index (χ2n) is 10.9. The lowest BCUT2D eigenvalue weighted by Crippen LogP contribution is -2.47. The second-order valence-corrected chi connectivity index (χ2v) is 12.9. The number of pyridine rings is 1. The molecule has 41 heavy (non-hydrogen) atoms. The lowest BCUT2D eigenvalue weighted by atomic mass is 9.72. The van der Waals surface area contributed by atoms with Crippen LogP contribution in [0.5, 0.6) is 0 Å². The molecule has 1 aliphatic heterocycles. The molecule has 6 rings (SSSR count). The van der Waals surface area contributed by atoms with Crippen molar-refractivity contribution in [1.82, 2.24) is 32.3 Å². The maximum absolute atomic E-state index is 14.3. The van der Waals surface area contributed by atoms with E-state index in [1.54, 1.807) is 18.5 Å². The molecule has 4 aromatic rings. The molecule has 1 atom stereocenters. The van der Waals surface area contributed by atoms with E-state index in [4.69, 9.17) is 0 Å². The van der Waals surface area contributed by atoms with Gasteiger partial charge in [-0.2, -0.15) is 30.2 Å². The summed E-state index contributed by atoms with van der Waals surface area (Å²) in [6, 6.07) is 8.17. The van der Waals surface area contributed by atoms with Crippen LogP contribution in [-0.2, 0) is 30.0 Å². The molecule has 1 aromatic carbocycles. The number of benzene rings is 1. The van der Waals surface area contributed by atoms with Crippen LogP contribution in [0.2, 0.25) is 0 Å². The van der Waals surface area contributed by atoms with Gasteiger partial charge in [-0.25, -0.2) is 4.79 Å². The minimum atomic E-state index is -4.76. The molecular weight excluding hydrogens is 559 g/mol. The van der Waals surface area contributed by atoms with Gasteiger partial charge in [-0.3, -0.25) is 8.97 Å². The van der Waals surface area contributed by atoms with Crippen molar-refractivity contribution in [3.8, 4) is 5.69 Å². The Hall–Kier alpha value is -3.49. The lowest BCUT2D eigenvalue weighted by Gasteiger charge is -2.33. The summed E-state index contributed by atoms with van der Waals surface area (Å²) >= 11 is 0. The molecule has 1 aliphatic carbocycles. The molecule has 14 heteroatoms. The van der Waals surface area contributed by atoms with Gasteiger partial charge in [0.2, 0.25) is 0 Å². The quantitative estimate of drug-likeness (QED) is 0.343. The van der Waals surface area contributed by atoms with Gasteiger partial charge in [0.05, 0.1) is 16.8 Å². The smallest absolute Gasteiger partial charge is 0.320 e. The maximum Gasteiger partial charge on any atom is 0.418 e. The highest BCUT2D eigenvalue weighted by Crippen LogP contribution is 2.43. The minimum Gasteiger partial charge on any atom is -0.320 e. The van der Waals surface area contributed by atoms with Crippen molar-refractivity contribution >= 4 is 15.7 Å². The SMILES string of the molecule is CN1CCCN(Cc2cc(C(F)(F)F)c3cn(-c4cccc([C@H](c5nncn5C)C5CCC5)c4)c(=O)n3c2)S1(=O)=O. The van der Waals surface area contributed by atoms with Gasteiger partial charge in [0, 0.05) is 52.0 Å². The van der Waals surface area contributed by atoms with E-state index in [1.165, 1.54) is 28.3 Å². The van der Waals surface area contributed by atoms with Gasteiger partial charge in [-0.1, -0.05) is 18.6 Å². The molecule has 0 radical (unpaired) electrons. The third-order valence-electron chi connectivity index (χ3n) is 8.24. The average molecular weight is 590 g/mol. The van der Waals surface area contributed by atoms with E-state index in [0.717, 1.165) is 45.4 Å². The number of nitrogens with zero attached hydrogens (tertiary/aromatic N) is 7. The molecular formula is C27H30F3N7O3S. The van der Waals surface area contributed by atoms with E-state index in [1.807, 2.05) is 23.7 Å². The van der Waals surface area contributed by atoms with Crippen LogP contribution < -0.4 is 5.69 Å². The van der Waals surface area contributed by atoms with Gasteiger partial charge in [-0.15, -0.1) is 10.2 Å². The Bertz CT molecular complexity index is 1770. The van der Waals surface area contributed by atoms with Crippen molar-refractivity contribution in [2.75, 3.05) is 20.1 Å². The Morgan fingerprint density at radius 2 is 1.85 bits per heavy atom. The first kappa shape index (κ1) is 27.7. The molecule has 2 aliphatic rings. The number of hydrogen-bond donors (Lipinski definition) is 0. The Morgan fingerprint density at radius 1 is 1.07 bits per heavy atom. The van der Waals surface area contributed by atoms with Gasteiger partial charge in [0.15, 0.2) is 0 Å². The van der Waals surface area contributed by atoms with E-state index in [0.29, 0.717) is 24.6 Å². The molecule has 1 saturated heterocycles. The fourth-order valence-electron chi connectivity index (χ4n) is 5.85. The number of imidazole rings is 1. The zero-order valence-electron chi connectivity index (χ0n) is 22.6. The highest BCUT2D eigenvalue weighted by molar-refractivity contribution is 7.86. The van der Waals surface area contributed by atoms with Crippen LogP contribution in [0.1, 0.15) is 54.1 Å². The number of fused-ring (bicyclic) bond motifs is 1. The highest BCUT2D eigenvalue weighted by Gasteiger charge is 2.37. The summed E-state index contributed by atoms with van der Waals surface area (Å²) in [7, 11) is -0.498. The summed E-state index contributed by atoms with van der Waals surface area (Å²) in [5.74, 6) is 1.08. The van der Waals surface area contributed by atoms with Crippen LogP contribution in [0.3, 0.4) is 0 Å². The topological polar surface area (TPSA) is 97.7 Å². The Kier molecular flexibility index (Phi) is 6.82. The minimum absolute atomic E-state index is 0.0640. The number of rotatable bonds is 6. The molecule has 0 amide bonds. The van der Waals surface area contributed by atoms with Crippen molar-refractivity contribution in [3.05, 3.63) is 82.1 Å². The van der Waals surface area contributed by atoms with Crippen molar-refractivity contribution in [1.29, 1.82) is 0 Å². The molecule has 4 heterocycles. The van der Waals surface area contributed by atoms with Crippen molar-refractivity contribution < 1.29 is 21.6 Å². The fraction of sp³-hybridized carbons (Fsp3) is 0.444.